The zero-order chi connectivity index (χ0) is 49.3. The Hall–Kier alpha value is -6.76. The van der Waals surface area contributed by atoms with Crippen LogP contribution < -0.4 is 0 Å². The van der Waals surface area contributed by atoms with E-state index in [1.807, 2.05) is 18.3 Å². The number of hydrogen-bond acceptors (Lipinski definition) is 5. The number of hydrogen-bond donors (Lipinski definition) is 0. The number of aromatic nitrogens is 4. The average molecular weight is 1140 g/mol. The third-order valence-electron chi connectivity index (χ3n) is 13.7. The molecule has 0 saturated heterocycles. The Morgan fingerprint density at radius 2 is 1.31 bits per heavy atom. The van der Waals surface area contributed by atoms with Crippen LogP contribution >= 0.6 is 11.3 Å². The number of thiazole rings is 1. The van der Waals surface area contributed by atoms with Crippen LogP contribution in [0.2, 0.25) is 0 Å². The van der Waals surface area contributed by atoms with Gasteiger partial charge in [0.2, 0.25) is 0 Å². The molecule has 12 rings (SSSR count). The van der Waals surface area contributed by atoms with Crippen LogP contribution in [0.1, 0.15) is 103 Å². The van der Waals surface area contributed by atoms with E-state index in [2.05, 4.69) is 230 Å². The molecule has 5 nitrogen and oxygen atoms in total. The van der Waals surface area contributed by atoms with Gasteiger partial charge in [-0.2, -0.15) is 11.3 Å². The standard InChI is InChI=1S/C45H35N2O.C20H23N2S.Ir/c1-27(2)36-24-32(29-13-6-5-7-14-29)25-37(28(3)4)43(36)47-41-20-11-10-19-40(41)46-45(47)35-18-12-17-34-39-23-31-22-21-30-15-8-9-16-33(30)38(31)26-42(39)48-44(34)35;1-19(2,3)14-8-9-15(21-12-14)13-7-10-17-16(11-13)22-18(23-17)20(4,5)6;/h5-17,19-28H,1-4H3;8-12H,1-6H3;/q2*-1;. The molecular formula is C65H58IrN4OS-2. The molecule has 361 valence electrons. The largest absolute Gasteiger partial charge is 0.501 e. The van der Waals surface area contributed by atoms with Crippen LogP contribution in [0.3, 0.4) is 0 Å². The Morgan fingerprint density at radius 3 is 2.01 bits per heavy atom. The van der Waals surface area contributed by atoms with Crippen LogP contribution in [0.4, 0.5) is 0 Å². The molecule has 0 aliphatic carbocycles. The molecule has 4 heterocycles. The van der Waals surface area contributed by atoms with Crippen LogP contribution in [0, 0.1) is 12.1 Å². The molecule has 0 bridgehead atoms. The van der Waals surface area contributed by atoms with Gasteiger partial charge in [-0.25, -0.2) is 0 Å². The van der Waals surface area contributed by atoms with E-state index in [9.17, 15) is 0 Å². The topological polar surface area (TPSA) is 56.7 Å². The quantitative estimate of drug-likeness (QED) is 0.123. The minimum atomic E-state index is 0. The Balaban J connectivity index is 0.000000209. The van der Waals surface area contributed by atoms with Crippen molar-refractivity contribution in [2.24, 2.45) is 0 Å². The van der Waals surface area contributed by atoms with Gasteiger partial charge >= 0.3 is 0 Å². The molecule has 0 spiro atoms. The average Bonchev–Trinajstić information content (AvgIpc) is 4.09. The zero-order valence-electron chi connectivity index (χ0n) is 42.6. The van der Waals surface area contributed by atoms with E-state index in [1.165, 1.54) is 59.7 Å². The molecule has 72 heavy (non-hydrogen) atoms. The van der Waals surface area contributed by atoms with Gasteiger partial charge in [0.25, 0.3) is 0 Å². The second-order valence-corrected chi connectivity index (χ2v) is 22.6. The Bertz CT molecular complexity index is 3930. The first-order valence-corrected chi connectivity index (χ1v) is 25.6. The number of fused-ring (bicyclic) bond motifs is 8. The van der Waals surface area contributed by atoms with Gasteiger partial charge in [-0.1, -0.05) is 171 Å². The number of benzene rings is 8. The summed E-state index contributed by atoms with van der Waals surface area (Å²) in [5.74, 6) is 1.40. The minimum absolute atomic E-state index is 0. The number of nitrogens with zero attached hydrogens (tertiary/aromatic N) is 4. The van der Waals surface area contributed by atoms with Crippen molar-refractivity contribution >= 4 is 76.1 Å². The second-order valence-electron chi connectivity index (χ2n) is 21.5. The van der Waals surface area contributed by atoms with Crippen LogP contribution in [-0.2, 0) is 30.9 Å². The number of rotatable bonds is 6. The summed E-state index contributed by atoms with van der Waals surface area (Å²) >= 11 is 1.75. The molecular weight excluding hydrogens is 1080 g/mol. The smallest absolute Gasteiger partial charge is 0.121 e. The van der Waals surface area contributed by atoms with Gasteiger partial charge in [-0.15, -0.1) is 42.0 Å². The summed E-state index contributed by atoms with van der Waals surface area (Å²) in [5.41, 5.74) is 15.2. The summed E-state index contributed by atoms with van der Waals surface area (Å²) in [7, 11) is 0. The van der Waals surface area contributed by atoms with Crippen LogP contribution in [0.25, 0.3) is 104 Å². The third-order valence-corrected chi connectivity index (χ3v) is 15.1. The van der Waals surface area contributed by atoms with E-state index >= 15 is 0 Å². The number of furan rings is 1. The Labute approximate surface area is 440 Å². The van der Waals surface area contributed by atoms with E-state index < -0.39 is 0 Å². The number of pyridine rings is 1. The van der Waals surface area contributed by atoms with Gasteiger partial charge in [0.05, 0.1) is 27.4 Å². The SMILES string of the molecule is CC(C)(C)c1ccc(-c2[c-]cc3sc(C(C)(C)C)nc3c2)nc1.CC(C)c1cc(-c2ccccc2)cc(C(C)C)c1-n1c(-c2[c-]ccc3c2oc2cc4c(ccc5ccccc54)cc23)nc2ccccc21.[Ir]. The third kappa shape index (κ3) is 8.97. The first-order valence-electron chi connectivity index (χ1n) is 24.8. The molecule has 1 radical (unpaired) electrons. The van der Waals surface area contributed by atoms with Gasteiger partial charge in [-0.3, -0.25) is 9.97 Å². The fourth-order valence-electron chi connectivity index (χ4n) is 9.78. The molecule has 7 heteroatoms. The molecule has 0 N–H and O–H groups in total. The van der Waals surface area contributed by atoms with Crippen LogP contribution in [0.5, 0.6) is 0 Å². The molecule has 0 aliphatic rings. The van der Waals surface area contributed by atoms with Crippen molar-refractivity contribution in [3.8, 4) is 39.5 Å². The van der Waals surface area contributed by atoms with Crippen molar-refractivity contribution in [2.75, 3.05) is 0 Å². The molecule has 0 fully saturated rings. The van der Waals surface area contributed by atoms with E-state index in [0.717, 1.165) is 66.1 Å². The molecule has 8 aromatic carbocycles. The normalized spacial score (nSPS) is 12.2. The van der Waals surface area contributed by atoms with Gasteiger partial charge in [-0.05, 0) is 119 Å². The van der Waals surface area contributed by atoms with Crippen molar-refractivity contribution in [2.45, 2.75) is 91.9 Å². The summed E-state index contributed by atoms with van der Waals surface area (Å²) in [4.78, 5) is 14.7. The Kier molecular flexibility index (Phi) is 12.9. The predicted octanol–water partition coefficient (Wildman–Crippen LogP) is 18.4. The summed E-state index contributed by atoms with van der Waals surface area (Å²) in [6.07, 6.45) is 1.97. The predicted molar refractivity (Wildman–Crippen MR) is 300 cm³/mol. The van der Waals surface area contributed by atoms with Crippen molar-refractivity contribution in [1.29, 1.82) is 0 Å². The van der Waals surface area contributed by atoms with Crippen molar-refractivity contribution in [1.82, 2.24) is 19.5 Å². The maximum Gasteiger partial charge on any atom is 0.121 e. The van der Waals surface area contributed by atoms with E-state index in [1.54, 1.807) is 11.3 Å². The van der Waals surface area contributed by atoms with Gasteiger partial charge in [0.15, 0.2) is 0 Å². The number of para-hydroxylation sites is 2. The monoisotopic (exact) mass is 1140 g/mol. The van der Waals surface area contributed by atoms with Gasteiger partial charge in [0.1, 0.15) is 5.58 Å². The summed E-state index contributed by atoms with van der Waals surface area (Å²) < 4.78 is 10.4. The van der Waals surface area contributed by atoms with E-state index in [0.29, 0.717) is 0 Å². The zero-order valence-corrected chi connectivity index (χ0v) is 45.8. The molecule has 0 saturated carbocycles. The van der Waals surface area contributed by atoms with Crippen LogP contribution in [-0.4, -0.2) is 19.5 Å². The molecule has 0 aliphatic heterocycles. The molecule has 0 atom stereocenters. The van der Waals surface area contributed by atoms with Gasteiger partial charge in [0, 0.05) is 42.8 Å². The molecule has 4 aromatic heterocycles. The summed E-state index contributed by atoms with van der Waals surface area (Å²) in [6, 6.07) is 60.8. The van der Waals surface area contributed by atoms with Crippen molar-refractivity contribution < 1.29 is 24.5 Å². The molecule has 0 amide bonds. The molecule has 0 unspecified atom stereocenters. The van der Waals surface area contributed by atoms with E-state index in [-0.39, 0.29) is 42.8 Å². The Morgan fingerprint density at radius 1 is 0.597 bits per heavy atom. The van der Waals surface area contributed by atoms with Crippen LogP contribution in [0.15, 0.2) is 162 Å². The minimum Gasteiger partial charge on any atom is -0.501 e. The maximum absolute atomic E-state index is 6.83. The van der Waals surface area contributed by atoms with Gasteiger partial charge < -0.3 is 14.0 Å². The summed E-state index contributed by atoms with van der Waals surface area (Å²) in [6.45, 7) is 22.3. The molecule has 12 aromatic rings. The first kappa shape index (κ1) is 48.8. The van der Waals surface area contributed by atoms with Crippen molar-refractivity contribution in [3.05, 3.63) is 192 Å². The first-order chi connectivity index (χ1) is 34.1. The summed E-state index contributed by atoms with van der Waals surface area (Å²) in [5, 5.41) is 8.18. The fraction of sp³-hybridized carbons (Fsp3) is 0.215. The van der Waals surface area contributed by atoms with Crippen molar-refractivity contribution in [3.63, 3.8) is 0 Å². The maximum atomic E-state index is 6.83. The fourth-order valence-corrected chi connectivity index (χ4v) is 10.8. The van der Waals surface area contributed by atoms with E-state index in [4.69, 9.17) is 14.4 Å². The second kappa shape index (κ2) is 19.0. The number of imidazole rings is 1.